The Balaban J connectivity index is 1.69. The minimum absolute atomic E-state index is 0.0836. The smallest absolute Gasteiger partial charge is 0.459 e. The second-order valence-corrected chi connectivity index (χ2v) is 9.46. The summed E-state index contributed by atoms with van der Waals surface area (Å²) in [6.07, 6.45) is 3.34. The first-order chi connectivity index (χ1) is 14.4. The Morgan fingerprint density at radius 3 is 2.63 bits per heavy atom. The molecule has 1 saturated carbocycles. The average Bonchev–Trinajstić information content (AvgIpc) is 3.19. The maximum absolute atomic E-state index is 13.5. The molecule has 1 aromatic rings. The Morgan fingerprint density at radius 1 is 1.27 bits per heavy atom. The van der Waals surface area contributed by atoms with Crippen molar-refractivity contribution in [1.82, 2.24) is 5.09 Å². The summed E-state index contributed by atoms with van der Waals surface area (Å²) in [6, 6.07) is 6.64. The van der Waals surface area contributed by atoms with E-state index in [0.29, 0.717) is 31.3 Å². The van der Waals surface area contributed by atoms with Crippen LogP contribution in [0.4, 0.5) is 0 Å². The molecule has 30 heavy (non-hydrogen) atoms. The Kier molecular flexibility index (Phi) is 8.31. The van der Waals surface area contributed by atoms with Crippen molar-refractivity contribution < 1.29 is 32.6 Å². The first-order valence-corrected chi connectivity index (χ1v) is 12.2. The van der Waals surface area contributed by atoms with Crippen LogP contribution in [-0.2, 0) is 28.1 Å². The molecule has 1 N–H and O–H groups in total. The molecular weight excluding hydrogens is 409 g/mol. The molecule has 1 aliphatic carbocycles. The predicted molar refractivity (Wildman–Crippen MR) is 111 cm³/mol. The molecule has 1 aliphatic heterocycles. The van der Waals surface area contributed by atoms with Gasteiger partial charge in [0.05, 0.1) is 19.3 Å². The van der Waals surface area contributed by atoms with Gasteiger partial charge >= 0.3 is 13.7 Å². The lowest BCUT2D eigenvalue weighted by Crippen LogP contribution is -2.37. The largest absolute Gasteiger partial charge is 0.462 e. The molecule has 0 aromatic heterocycles. The molecule has 0 amide bonds. The van der Waals surface area contributed by atoms with Crippen LogP contribution >= 0.6 is 7.75 Å². The molecule has 1 saturated heterocycles. The van der Waals surface area contributed by atoms with Gasteiger partial charge in [-0.1, -0.05) is 25.5 Å². The van der Waals surface area contributed by atoms with E-state index in [-0.39, 0.29) is 12.7 Å². The molecule has 3 atom stereocenters. The van der Waals surface area contributed by atoms with Gasteiger partial charge in [0.2, 0.25) is 0 Å². The fraction of sp³-hybridized carbons (Fsp3) is 0.667. The lowest BCUT2D eigenvalue weighted by atomic mass is 9.80. The van der Waals surface area contributed by atoms with Gasteiger partial charge in [0, 0.05) is 0 Å². The van der Waals surface area contributed by atoms with Crippen molar-refractivity contribution in [2.75, 3.05) is 19.8 Å². The lowest BCUT2D eigenvalue weighted by Gasteiger charge is -2.27. The highest BCUT2D eigenvalue weighted by Crippen LogP contribution is 2.46. The number of carbonyl (C=O) groups is 1. The standard InChI is InChI=1S/C21H32NO7P/c1-4-15(2)28-21(23)16(3)22-30(24,27-14-20-25-11-12-26-20)29-19-10-6-9-18(13-19)17-7-5-8-17/h6,9-10,13,15-17,20H,4-5,7-8,11-12,14H2,1-3H3,(H,22,24)/t15-,16+,30?/m1/s1. The van der Waals surface area contributed by atoms with E-state index in [0.717, 1.165) is 18.4 Å². The van der Waals surface area contributed by atoms with Crippen molar-refractivity contribution in [2.24, 2.45) is 0 Å². The van der Waals surface area contributed by atoms with Gasteiger partial charge in [0.1, 0.15) is 18.4 Å². The van der Waals surface area contributed by atoms with Crippen LogP contribution in [0, 0.1) is 0 Å². The molecule has 9 heteroatoms. The monoisotopic (exact) mass is 441 g/mol. The third kappa shape index (κ3) is 6.53. The van der Waals surface area contributed by atoms with E-state index >= 15 is 0 Å². The fourth-order valence-electron chi connectivity index (χ4n) is 3.13. The normalized spacial score (nSPS) is 21.4. The van der Waals surface area contributed by atoms with Gasteiger partial charge in [-0.15, -0.1) is 0 Å². The third-order valence-corrected chi connectivity index (χ3v) is 6.97. The van der Waals surface area contributed by atoms with Crippen molar-refractivity contribution in [3.05, 3.63) is 29.8 Å². The fourth-order valence-corrected chi connectivity index (χ4v) is 4.60. The molecule has 2 aliphatic rings. The number of benzene rings is 1. The van der Waals surface area contributed by atoms with Crippen LogP contribution in [0.3, 0.4) is 0 Å². The molecular formula is C21H32NO7P. The minimum atomic E-state index is -3.91. The van der Waals surface area contributed by atoms with Gasteiger partial charge in [-0.05, 0) is 56.7 Å². The quantitative estimate of drug-likeness (QED) is 0.404. The van der Waals surface area contributed by atoms with E-state index in [1.165, 1.54) is 6.42 Å². The number of hydrogen-bond acceptors (Lipinski definition) is 7. The van der Waals surface area contributed by atoms with E-state index in [9.17, 15) is 9.36 Å². The summed E-state index contributed by atoms with van der Waals surface area (Å²) in [4.78, 5) is 12.3. The highest BCUT2D eigenvalue weighted by Gasteiger charge is 2.34. The maximum atomic E-state index is 13.5. The van der Waals surface area contributed by atoms with Crippen LogP contribution in [0.5, 0.6) is 5.75 Å². The summed E-state index contributed by atoms with van der Waals surface area (Å²) >= 11 is 0. The summed E-state index contributed by atoms with van der Waals surface area (Å²) in [5.41, 5.74) is 1.15. The average molecular weight is 441 g/mol. The topological polar surface area (TPSA) is 92.3 Å². The molecule has 1 aromatic carbocycles. The Labute approximate surface area is 178 Å². The molecule has 1 unspecified atom stereocenters. The van der Waals surface area contributed by atoms with E-state index in [1.54, 1.807) is 19.9 Å². The Bertz CT molecular complexity index is 749. The van der Waals surface area contributed by atoms with Crippen LogP contribution in [-0.4, -0.2) is 44.2 Å². The Morgan fingerprint density at radius 2 is 2.00 bits per heavy atom. The van der Waals surface area contributed by atoms with Gasteiger partial charge in [-0.2, -0.15) is 5.09 Å². The lowest BCUT2D eigenvalue weighted by molar-refractivity contribution is -0.150. The van der Waals surface area contributed by atoms with E-state index in [1.807, 2.05) is 25.1 Å². The summed E-state index contributed by atoms with van der Waals surface area (Å²) in [6.45, 7) is 6.11. The summed E-state index contributed by atoms with van der Waals surface area (Å²) < 4.78 is 40.9. The van der Waals surface area contributed by atoms with Gasteiger partial charge in [0.25, 0.3) is 0 Å². The van der Waals surface area contributed by atoms with Crippen LogP contribution in [0.15, 0.2) is 24.3 Å². The molecule has 3 rings (SSSR count). The number of ether oxygens (including phenoxy) is 3. The number of rotatable bonds is 11. The Hall–Kier alpha value is -1.44. The maximum Gasteiger partial charge on any atom is 0.459 e. The number of esters is 1. The molecule has 0 spiro atoms. The number of carbonyl (C=O) groups excluding carboxylic acids is 1. The van der Waals surface area contributed by atoms with Crippen LogP contribution in [0.25, 0.3) is 0 Å². The third-order valence-electron chi connectivity index (χ3n) is 5.33. The molecule has 2 fully saturated rings. The number of hydrogen-bond donors (Lipinski definition) is 1. The zero-order valence-electron chi connectivity index (χ0n) is 17.9. The summed E-state index contributed by atoms with van der Waals surface area (Å²) in [7, 11) is -3.91. The SMILES string of the molecule is CC[C@@H](C)OC(=O)[C@H](C)NP(=O)(OCC1OCCO1)Oc1cccc(C2CCC2)c1. The summed E-state index contributed by atoms with van der Waals surface area (Å²) in [5, 5.41) is 2.70. The van der Waals surface area contributed by atoms with E-state index in [2.05, 4.69) is 5.09 Å². The van der Waals surface area contributed by atoms with Crippen LogP contribution in [0.2, 0.25) is 0 Å². The van der Waals surface area contributed by atoms with Crippen molar-refractivity contribution >= 4 is 13.7 Å². The second-order valence-electron chi connectivity index (χ2n) is 7.76. The van der Waals surface area contributed by atoms with Gasteiger partial charge in [-0.25, -0.2) is 4.57 Å². The zero-order chi connectivity index (χ0) is 21.6. The van der Waals surface area contributed by atoms with Crippen LogP contribution < -0.4 is 9.61 Å². The number of nitrogens with one attached hydrogen (secondary N) is 1. The van der Waals surface area contributed by atoms with Gasteiger partial charge in [-0.3, -0.25) is 9.32 Å². The highest BCUT2D eigenvalue weighted by atomic mass is 31.2. The molecule has 8 nitrogen and oxygen atoms in total. The predicted octanol–water partition coefficient (Wildman–Crippen LogP) is 4.15. The van der Waals surface area contributed by atoms with Gasteiger partial charge < -0.3 is 18.7 Å². The minimum Gasteiger partial charge on any atom is -0.462 e. The second kappa shape index (κ2) is 10.7. The van der Waals surface area contributed by atoms with E-state index in [4.69, 9.17) is 23.3 Å². The molecule has 0 radical (unpaired) electrons. The van der Waals surface area contributed by atoms with Gasteiger partial charge in [0.15, 0.2) is 6.29 Å². The summed E-state index contributed by atoms with van der Waals surface area (Å²) in [5.74, 6) is 0.408. The molecule has 0 bridgehead atoms. The first kappa shape index (κ1) is 23.2. The highest BCUT2D eigenvalue weighted by molar-refractivity contribution is 7.52. The molecule has 168 valence electrons. The van der Waals surface area contributed by atoms with Crippen molar-refractivity contribution in [1.29, 1.82) is 0 Å². The zero-order valence-corrected chi connectivity index (χ0v) is 18.8. The van der Waals surface area contributed by atoms with Crippen molar-refractivity contribution in [3.63, 3.8) is 0 Å². The van der Waals surface area contributed by atoms with E-state index < -0.39 is 26.0 Å². The van der Waals surface area contributed by atoms with Crippen molar-refractivity contribution in [3.8, 4) is 5.75 Å². The first-order valence-electron chi connectivity index (χ1n) is 10.6. The van der Waals surface area contributed by atoms with Crippen LogP contribution in [0.1, 0.15) is 57.9 Å². The molecule has 1 heterocycles. The van der Waals surface area contributed by atoms with Crippen molar-refractivity contribution in [2.45, 2.75) is 70.8 Å².